The Morgan fingerprint density at radius 3 is 2.62 bits per heavy atom. The highest BCUT2D eigenvalue weighted by atomic mass is 19.1. The van der Waals surface area contributed by atoms with Crippen molar-refractivity contribution in [3.05, 3.63) is 53.6 Å². The van der Waals surface area contributed by atoms with Gasteiger partial charge in [-0.25, -0.2) is 13.8 Å². The fourth-order valence-corrected chi connectivity index (χ4v) is 2.50. The van der Waals surface area contributed by atoms with Crippen molar-refractivity contribution in [3.63, 3.8) is 0 Å². The molecular formula is C16H15F2N3. The molecule has 0 saturated heterocycles. The van der Waals surface area contributed by atoms with Gasteiger partial charge in [0.2, 0.25) is 0 Å². The molecule has 0 saturated carbocycles. The average Bonchev–Trinajstić information content (AvgIpc) is 2.84. The fraction of sp³-hybridized carbons (Fsp3) is 0.188. The van der Waals surface area contributed by atoms with E-state index in [1.807, 2.05) is 29.7 Å². The first kappa shape index (κ1) is 13.7. The summed E-state index contributed by atoms with van der Waals surface area (Å²) in [5, 5.41) is 0. The second-order valence-electron chi connectivity index (χ2n) is 4.83. The van der Waals surface area contributed by atoms with Gasteiger partial charge in [0.25, 0.3) is 0 Å². The topological polar surface area (TPSA) is 43.8 Å². The van der Waals surface area contributed by atoms with Crippen molar-refractivity contribution in [2.24, 2.45) is 5.73 Å². The second-order valence-corrected chi connectivity index (χ2v) is 4.83. The summed E-state index contributed by atoms with van der Waals surface area (Å²) >= 11 is 0. The molecule has 108 valence electrons. The van der Waals surface area contributed by atoms with Gasteiger partial charge in [0.05, 0.1) is 16.6 Å². The van der Waals surface area contributed by atoms with Crippen LogP contribution in [0, 0.1) is 11.6 Å². The molecule has 0 amide bonds. The number of aryl methyl sites for hydroxylation is 1. The Kier molecular flexibility index (Phi) is 3.43. The molecule has 0 fully saturated rings. The van der Waals surface area contributed by atoms with Crippen LogP contribution in [0.1, 0.15) is 12.5 Å². The molecule has 0 bridgehead atoms. The van der Waals surface area contributed by atoms with Crippen LogP contribution in [0.4, 0.5) is 8.78 Å². The Morgan fingerprint density at radius 1 is 1.14 bits per heavy atom. The molecule has 3 aromatic rings. The Balaban J connectivity index is 2.26. The maximum Gasteiger partial charge on any atom is 0.144 e. The van der Waals surface area contributed by atoms with Crippen molar-refractivity contribution in [2.75, 3.05) is 0 Å². The third-order valence-corrected chi connectivity index (χ3v) is 3.54. The zero-order chi connectivity index (χ0) is 15.0. The Hall–Kier alpha value is -2.27. The summed E-state index contributed by atoms with van der Waals surface area (Å²) in [6.45, 7) is 3.03. The molecule has 0 aliphatic heterocycles. The van der Waals surface area contributed by atoms with Crippen LogP contribution in [-0.4, -0.2) is 9.55 Å². The molecule has 21 heavy (non-hydrogen) atoms. The summed E-state index contributed by atoms with van der Waals surface area (Å²) in [5.41, 5.74) is 8.57. The first-order valence-electron chi connectivity index (χ1n) is 6.78. The zero-order valence-electron chi connectivity index (χ0n) is 11.6. The molecule has 3 nitrogen and oxygen atoms in total. The molecule has 1 aromatic heterocycles. The van der Waals surface area contributed by atoms with Crippen LogP contribution in [0.3, 0.4) is 0 Å². The fourth-order valence-electron chi connectivity index (χ4n) is 2.50. The number of fused-ring (bicyclic) bond motifs is 1. The largest absolute Gasteiger partial charge is 0.326 e. The number of nitrogens with zero attached hydrogens (tertiary/aromatic N) is 2. The molecule has 2 N–H and O–H groups in total. The van der Waals surface area contributed by atoms with Gasteiger partial charge in [0.15, 0.2) is 0 Å². The van der Waals surface area contributed by atoms with Gasteiger partial charge in [-0.1, -0.05) is 6.07 Å². The molecular weight excluding hydrogens is 272 g/mol. The maximum atomic E-state index is 14.0. The Bertz CT molecular complexity index is 809. The van der Waals surface area contributed by atoms with Gasteiger partial charge >= 0.3 is 0 Å². The molecule has 0 unspecified atom stereocenters. The van der Waals surface area contributed by atoms with Crippen molar-refractivity contribution in [1.29, 1.82) is 0 Å². The van der Waals surface area contributed by atoms with E-state index in [2.05, 4.69) is 4.98 Å². The van der Waals surface area contributed by atoms with Gasteiger partial charge in [-0.3, -0.25) is 0 Å². The molecule has 0 spiro atoms. The summed E-state index contributed by atoms with van der Waals surface area (Å²) in [5.74, 6) is -0.709. The van der Waals surface area contributed by atoms with E-state index in [1.54, 1.807) is 0 Å². The van der Waals surface area contributed by atoms with Gasteiger partial charge in [0.1, 0.15) is 17.5 Å². The lowest BCUT2D eigenvalue weighted by molar-refractivity contribution is 0.584. The van der Waals surface area contributed by atoms with Crippen molar-refractivity contribution in [2.45, 2.75) is 20.0 Å². The Labute approximate surface area is 121 Å². The van der Waals surface area contributed by atoms with Crippen LogP contribution < -0.4 is 5.73 Å². The minimum atomic E-state index is -0.612. The van der Waals surface area contributed by atoms with Crippen LogP contribution in [-0.2, 0) is 13.1 Å². The lowest BCUT2D eigenvalue weighted by atomic mass is 10.2. The first-order valence-corrected chi connectivity index (χ1v) is 6.78. The van der Waals surface area contributed by atoms with E-state index in [-0.39, 0.29) is 0 Å². The number of rotatable bonds is 3. The molecule has 0 aliphatic rings. The van der Waals surface area contributed by atoms with E-state index in [9.17, 15) is 8.78 Å². The van der Waals surface area contributed by atoms with Gasteiger partial charge in [-0.2, -0.15) is 0 Å². The third-order valence-electron chi connectivity index (χ3n) is 3.54. The number of imidazole rings is 1. The van der Waals surface area contributed by atoms with Gasteiger partial charge in [-0.05, 0) is 36.8 Å². The number of nitrogens with two attached hydrogens (primary N) is 1. The van der Waals surface area contributed by atoms with E-state index in [0.29, 0.717) is 24.5 Å². The van der Waals surface area contributed by atoms with Crippen LogP contribution in [0.2, 0.25) is 0 Å². The molecule has 1 heterocycles. The monoisotopic (exact) mass is 287 g/mol. The van der Waals surface area contributed by atoms with Crippen molar-refractivity contribution in [3.8, 4) is 11.4 Å². The third kappa shape index (κ3) is 2.29. The summed E-state index contributed by atoms with van der Waals surface area (Å²) in [6, 6.07) is 9.29. The van der Waals surface area contributed by atoms with Crippen molar-refractivity contribution >= 4 is 11.0 Å². The molecule has 3 rings (SSSR count). The summed E-state index contributed by atoms with van der Waals surface area (Å²) in [4.78, 5) is 4.50. The maximum absolute atomic E-state index is 14.0. The SMILES string of the molecule is CCn1c(-c2ccc(F)cc2F)nc2cc(CN)ccc21. The van der Waals surface area contributed by atoms with E-state index in [1.165, 1.54) is 12.1 Å². The summed E-state index contributed by atoms with van der Waals surface area (Å²) < 4.78 is 29.0. The number of hydrogen-bond donors (Lipinski definition) is 1. The van der Waals surface area contributed by atoms with Gasteiger partial charge in [-0.15, -0.1) is 0 Å². The lowest BCUT2D eigenvalue weighted by Gasteiger charge is -2.07. The number of aromatic nitrogens is 2. The van der Waals surface area contributed by atoms with Crippen LogP contribution in [0.25, 0.3) is 22.4 Å². The predicted molar refractivity (Wildman–Crippen MR) is 78.7 cm³/mol. The lowest BCUT2D eigenvalue weighted by Crippen LogP contribution is -1.99. The van der Waals surface area contributed by atoms with Crippen molar-refractivity contribution < 1.29 is 8.78 Å². The highest BCUT2D eigenvalue weighted by molar-refractivity contribution is 5.81. The van der Waals surface area contributed by atoms with Crippen molar-refractivity contribution in [1.82, 2.24) is 9.55 Å². The standard InChI is InChI=1S/C16H15F2N3/c1-2-21-15-6-3-10(9-19)7-14(15)20-16(21)12-5-4-11(17)8-13(12)18/h3-8H,2,9,19H2,1H3. The smallest absolute Gasteiger partial charge is 0.144 e. The molecule has 0 radical (unpaired) electrons. The predicted octanol–water partition coefficient (Wildman–Crippen LogP) is 3.46. The summed E-state index contributed by atoms with van der Waals surface area (Å²) in [7, 11) is 0. The molecule has 2 aromatic carbocycles. The zero-order valence-corrected chi connectivity index (χ0v) is 11.6. The molecule has 0 aliphatic carbocycles. The quantitative estimate of drug-likeness (QED) is 0.801. The van der Waals surface area contributed by atoms with Gasteiger partial charge < -0.3 is 10.3 Å². The minimum Gasteiger partial charge on any atom is -0.326 e. The van der Waals surface area contributed by atoms with E-state index in [4.69, 9.17) is 5.73 Å². The highest BCUT2D eigenvalue weighted by Crippen LogP contribution is 2.27. The second kappa shape index (κ2) is 5.26. The van der Waals surface area contributed by atoms with Crippen LogP contribution in [0.5, 0.6) is 0 Å². The normalized spacial score (nSPS) is 11.2. The van der Waals surface area contributed by atoms with E-state index < -0.39 is 11.6 Å². The van der Waals surface area contributed by atoms with E-state index in [0.717, 1.165) is 22.7 Å². The molecule has 5 heteroatoms. The van der Waals surface area contributed by atoms with Crippen LogP contribution in [0.15, 0.2) is 36.4 Å². The number of halogens is 2. The van der Waals surface area contributed by atoms with E-state index >= 15 is 0 Å². The van der Waals surface area contributed by atoms with Crippen LogP contribution >= 0.6 is 0 Å². The first-order chi connectivity index (χ1) is 10.1. The van der Waals surface area contributed by atoms with Gasteiger partial charge in [0, 0.05) is 19.2 Å². The average molecular weight is 287 g/mol. The number of benzene rings is 2. The highest BCUT2D eigenvalue weighted by Gasteiger charge is 2.15. The molecule has 0 atom stereocenters. The Morgan fingerprint density at radius 2 is 1.95 bits per heavy atom. The minimum absolute atomic E-state index is 0.295. The summed E-state index contributed by atoms with van der Waals surface area (Å²) in [6.07, 6.45) is 0. The number of hydrogen-bond acceptors (Lipinski definition) is 2.